The van der Waals surface area contributed by atoms with E-state index in [2.05, 4.69) is 5.32 Å². The van der Waals surface area contributed by atoms with E-state index in [-0.39, 0.29) is 5.91 Å². The van der Waals surface area contributed by atoms with Gasteiger partial charge in [0.1, 0.15) is 4.88 Å². The van der Waals surface area contributed by atoms with Gasteiger partial charge in [-0.25, -0.2) is 4.79 Å². The molecule has 1 unspecified atom stereocenters. The van der Waals surface area contributed by atoms with E-state index in [0.717, 1.165) is 22.4 Å². The fraction of sp³-hybridized carbons (Fsp3) is 0.333. The minimum absolute atomic E-state index is 0.300. The molecule has 23 heavy (non-hydrogen) atoms. The highest BCUT2D eigenvalue weighted by Gasteiger charge is 2.20. The van der Waals surface area contributed by atoms with Gasteiger partial charge < -0.3 is 10.1 Å². The third-order valence-electron chi connectivity index (χ3n) is 3.51. The molecule has 0 bridgehead atoms. The van der Waals surface area contributed by atoms with Crippen LogP contribution in [0.5, 0.6) is 0 Å². The Bertz CT molecular complexity index is 679. The molecule has 0 aliphatic carbocycles. The van der Waals surface area contributed by atoms with E-state index in [1.165, 1.54) is 11.3 Å². The highest BCUT2D eigenvalue weighted by atomic mass is 32.1. The van der Waals surface area contributed by atoms with Gasteiger partial charge in [-0.1, -0.05) is 37.3 Å². The number of nitrogens with one attached hydrogen (secondary N) is 1. The van der Waals surface area contributed by atoms with Gasteiger partial charge in [0.2, 0.25) is 0 Å². The summed E-state index contributed by atoms with van der Waals surface area (Å²) in [5.41, 5.74) is 2.09. The van der Waals surface area contributed by atoms with Crippen LogP contribution in [-0.4, -0.2) is 18.0 Å². The van der Waals surface area contributed by atoms with Gasteiger partial charge in [-0.15, -0.1) is 11.3 Å². The summed E-state index contributed by atoms with van der Waals surface area (Å²) in [4.78, 5) is 25.9. The van der Waals surface area contributed by atoms with E-state index in [0.29, 0.717) is 11.4 Å². The zero-order valence-electron chi connectivity index (χ0n) is 13.6. The molecule has 0 radical (unpaired) electrons. The third kappa shape index (κ3) is 4.66. The molecule has 1 aromatic carbocycles. The molecule has 4 nitrogen and oxygen atoms in total. The monoisotopic (exact) mass is 331 g/mol. The first-order valence-electron chi connectivity index (χ1n) is 7.63. The first-order chi connectivity index (χ1) is 11.0. The van der Waals surface area contributed by atoms with Crippen molar-refractivity contribution in [1.29, 1.82) is 0 Å². The van der Waals surface area contributed by atoms with Gasteiger partial charge in [0, 0.05) is 11.4 Å². The molecule has 0 spiro atoms. The van der Waals surface area contributed by atoms with Crippen molar-refractivity contribution >= 4 is 23.2 Å². The number of rotatable bonds is 6. The molecule has 1 amide bonds. The summed E-state index contributed by atoms with van der Waals surface area (Å²) in [6, 6.07) is 11.4. The molecule has 0 saturated carbocycles. The Morgan fingerprint density at radius 1 is 1.26 bits per heavy atom. The minimum atomic E-state index is -0.821. The maximum absolute atomic E-state index is 12.1. The summed E-state index contributed by atoms with van der Waals surface area (Å²) in [5, 5.41) is 2.77. The summed E-state index contributed by atoms with van der Waals surface area (Å²) in [5.74, 6) is -0.744. The van der Waals surface area contributed by atoms with Gasteiger partial charge in [-0.3, -0.25) is 4.79 Å². The number of esters is 1. The molecule has 2 rings (SSSR count). The lowest BCUT2D eigenvalue weighted by atomic mass is 10.2. The second-order valence-electron chi connectivity index (χ2n) is 5.32. The number of hydrogen-bond acceptors (Lipinski definition) is 4. The number of ether oxygens (including phenoxy) is 1. The van der Waals surface area contributed by atoms with Crippen LogP contribution in [0.15, 0.2) is 36.4 Å². The molecule has 1 atom stereocenters. The first kappa shape index (κ1) is 17.2. The van der Waals surface area contributed by atoms with Crippen LogP contribution >= 0.6 is 11.3 Å². The normalized spacial score (nSPS) is 11.8. The second kappa shape index (κ2) is 7.92. The van der Waals surface area contributed by atoms with Crippen molar-refractivity contribution in [2.45, 2.75) is 39.8 Å². The van der Waals surface area contributed by atoms with Gasteiger partial charge in [0.25, 0.3) is 5.91 Å². The van der Waals surface area contributed by atoms with Crippen LogP contribution in [0.1, 0.15) is 39.5 Å². The van der Waals surface area contributed by atoms with E-state index in [4.69, 9.17) is 4.74 Å². The largest absolute Gasteiger partial charge is 0.448 e. The predicted octanol–water partition coefficient (Wildman–Crippen LogP) is 3.48. The number of thiophene rings is 1. The average molecular weight is 331 g/mol. The van der Waals surface area contributed by atoms with Crippen molar-refractivity contribution in [2.75, 3.05) is 0 Å². The number of benzene rings is 1. The number of aryl methyl sites for hydroxylation is 2. The van der Waals surface area contributed by atoms with Crippen molar-refractivity contribution in [3.8, 4) is 0 Å². The molecule has 0 saturated heterocycles. The lowest BCUT2D eigenvalue weighted by Crippen LogP contribution is -2.35. The molecule has 0 aliphatic rings. The topological polar surface area (TPSA) is 55.4 Å². The molecule has 5 heteroatoms. The predicted molar refractivity (Wildman–Crippen MR) is 91.6 cm³/mol. The summed E-state index contributed by atoms with van der Waals surface area (Å²) in [6.45, 7) is 6.02. The van der Waals surface area contributed by atoms with E-state index >= 15 is 0 Å². The Morgan fingerprint density at radius 2 is 1.96 bits per heavy atom. The van der Waals surface area contributed by atoms with Crippen LogP contribution in [0.4, 0.5) is 0 Å². The lowest BCUT2D eigenvalue weighted by Gasteiger charge is -2.13. The number of hydrogen-bond donors (Lipinski definition) is 1. The molecule has 1 aromatic heterocycles. The highest BCUT2D eigenvalue weighted by molar-refractivity contribution is 7.14. The molecule has 2 aromatic rings. The van der Waals surface area contributed by atoms with E-state index in [1.807, 2.05) is 50.2 Å². The molecular weight excluding hydrogens is 310 g/mol. The van der Waals surface area contributed by atoms with E-state index in [1.54, 1.807) is 6.92 Å². The fourth-order valence-corrected chi connectivity index (χ4v) is 3.17. The average Bonchev–Trinajstić information content (AvgIpc) is 2.94. The van der Waals surface area contributed by atoms with Crippen LogP contribution in [0.3, 0.4) is 0 Å². The van der Waals surface area contributed by atoms with Crippen molar-refractivity contribution in [2.24, 2.45) is 0 Å². The summed E-state index contributed by atoms with van der Waals surface area (Å²) >= 11 is 1.43. The maximum atomic E-state index is 12.1. The third-order valence-corrected chi connectivity index (χ3v) is 4.87. The first-order valence-corrected chi connectivity index (χ1v) is 8.44. The zero-order chi connectivity index (χ0) is 16.8. The van der Waals surface area contributed by atoms with Crippen molar-refractivity contribution in [1.82, 2.24) is 5.32 Å². The van der Waals surface area contributed by atoms with Crippen LogP contribution in [0.25, 0.3) is 0 Å². The highest BCUT2D eigenvalue weighted by Crippen LogP contribution is 2.23. The minimum Gasteiger partial charge on any atom is -0.448 e. The van der Waals surface area contributed by atoms with Crippen molar-refractivity contribution < 1.29 is 14.3 Å². The van der Waals surface area contributed by atoms with Crippen molar-refractivity contribution in [3.63, 3.8) is 0 Å². The van der Waals surface area contributed by atoms with Crippen LogP contribution in [-0.2, 0) is 22.5 Å². The molecule has 122 valence electrons. The van der Waals surface area contributed by atoms with Gasteiger partial charge in [0.05, 0.1) is 0 Å². The van der Waals surface area contributed by atoms with Gasteiger partial charge in [0.15, 0.2) is 6.10 Å². The quantitative estimate of drug-likeness (QED) is 0.825. The molecule has 1 N–H and O–H groups in total. The number of carbonyl (C=O) groups is 2. The molecule has 0 aliphatic heterocycles. The Morgan fingerprint density at radius 3 is 2.57 bits per heavy atom. The molecule has 1 heterocycles. The summed E-state index contributed by atoms with van der Waals surface area (Å²) in [6.07, 6.45) is 0.0652. The van der Waals surface area contributed by atoms with E-state index in [9.17, 15) is 9.59 Å². The molecule has 0 fully saturated rings. The van der Waals surface area contributed by atoms with Gasteiger partial charge >= 0.3 is 5.97 Å². The van der Waals surface area contributed by atoms with Crippen LogP contribution in [0, 0.1) is 6.92 Å². The van der Waals surface area contributed by atoms with Gasteiger partial charge in [-0.2, -0.15) is 0 Å². The van der Waals surface area contributed by atoms with Crippen LogP contribution < -0.4 is 5.32 Å². The van der Waals surface area contributed by atoms with Crippen molar-refractivity contribution in [3.05, 3.63) is 57.3 Å². The summed E-state index contributed by atoms with van der Waals surface area (Å²) < 4.78 is 5.26. The van der Waals surface area contributed by atoms with Gasteiger partial charge in [-0.05, 0) is 37.5 Å². The lowest BCUT2D eigenvalue weighted by molar-refractivity contribution is -0.129. The smallest absolute Gasteiger partial charge is 0.349 e. The Hall–Kier alpha value is -2.14. The van der Waals surface area contributed by atoms with Crippen LogP contribution in [0.2, 0.25) is 0 Å². The fourth-order valence-electron chi connectivity index (χ4n) is 2.17. The number of amides is 1. The Balaban J connectivity index is 1.88. The number of carbonyl (C=O) groups excluding carboxylic acids is 2. The maximum Gasteiger partial charge on any atom is 0.349 e. The van der Waals surface area contributed by atoms with E-state index < -0.39 is 12.1 Å². The SMILES string of the molecule is CCc1sc(C(=O)OC(C)C(=O)NCc2ccccc2)cc1C. The second-order valence-corrected chi connectivity index (χ2v) is 6.46. The summed E-state index contributed by atoms with van der Waals surface area (Å²) in [7, 11) is 0. The Kier molecular flexibility index (Phi) is 5.93. The zero-order valence-corrected chi connectivity index (χ0v) is 14.4. The Labute approximate surface area is 140 Å². The molecular formula is C18H21NO3S. The standard InChI is InChI=1S/C18H21NO3S/c1-4-15-12(2)10-16(23-15)18(21)22-13(3)17(20)19-11-14-8-6-5-7-9-14/h5-10,13H,4,11H2,1-3H3,(H,19,20).